The number of hydrogen-bond donors (Lipinski definition) is 1. The second-order valence-electron chi connectivity index (χ2n) is 7.53. The first-order valence-electron chi connectivity index (χ1n) is 10.3. The highest BCUT2D eigenvalue weighted by molar-refractivity contribution is 9.10. The quantitative estimate of drug-likeness (QED) is 0.504. The molecule has 6 heteroatoms. The number of carbonyl (C=O) groups excluding carboxylic acids is 2. The summed E-state index contributed by atoms with van der Waals surface area (Å²) >= 11 is 3.43. The number of nitrogens with one attached hydrogen (secondary N) is 1. The van der Waals surface area contributed by atoms with Crippen LogP contribution in [0.2, 0.25) is 0 Å². The molecule has 2 amide bonds. The van der Waals surface area contributed by atoms with Gasteiger partial charge in [-0.3, -0.25) is 9.59 Å². The van der Waals surface area contributed by atoms with Gasteiger partial charge in [-0.2, -0.15) is 0 Å². The number of rotatable bonds is 10. The molecule has 30 heavy (non-hydrogen) atoms. The Kier molecular flexibility index (Phi) is 9.37. The lowest BCUT2D eigenvalue weighted by Gasteiger charge is -2.29. The van der Waals surface area contributed by atoms with Gasteiger partial charge in [-0.15, -0.1) is 0 Å². The van der Waals surface area contributed by atoms with E-state index in [1.165, 1.54) is 0 Å². The smallest absolute Gasteiger partial charge is 0.261 e. The Balaban J connectivity index is 2.12. The molecule has 1 atom stereocenters. The number of nitrogens with zero attached hydrogens (tertiary/aromatic N) is 1. The van der Waals surface area contributed by atoms with E-state index in [0.717, 1.165) is 34.0 Å². The van der Waals surface area contributed by atoms with Gasteiger partial charge >= 0.3 is 0 Å². The number of amides is 2. The molecular weight excluding hydrogens is 444 g/mol. The second kappa shape index (κ2) is 11.7. The zero-order valence-corrected chi connectivity index (χ0v) is 19.8. The van der Waals surface area contributed by atoms with E-state index in [1.54, 1.807) is 11.8 Å². The van der Waals surface area contributed by atoms with Gasteiger partial charge in [-0.25, -0.2) is 0 Å². The molecule has 0 saturated carbocycles. The lowest BCUT2D eigenvalue weighted by atomic mass is 10.1. The number of ether oxygens (including phenoxy) is 1. The number of carbonyl (C=O) groups is 2. The molecule has 2 aromatic rings. The summed E-state index contributed by atoms with van der Waals surface area (Å²) in [6, 6.07) is 13.0. The van der Waals surface area contributed by atoms with Crippen molar-refractivity contribution in [1.82, 2.24) is 10.2 Å². The second-order valence-corrected chi connectivity index (χ2v) is 8.44. The minimum absolute atomic E-state index is 0.118. The maximum Gasteiger partial charge on any atom is 0.261 e. The van der Waals surface area contributed by atoms with Crippen LogP contribution < -0.4 is 10.1 Å². The molecular formula is C24H31BrN2O3. The summed E-state index contributed by atoms with van der Waals surface area (Å²) in [5.74, 6) is 0.300. The monoisotopic (exact) mass is 474 g/mol. The summed E-state index contributed by atoms with van der Waals surface area (Å²) in [5.41, 5.74) is 3.07. The van der Waals surface area contributed by atoms with Crippen LogP contribution in [0.3, 0.4) is 0 Å². The number of unbranched alkanes of at least 4 members (excludes halogenated alkanes) is 1. The lowest BCUT2D eigenvalue weighted by molar-refractivity contribution is -0.142. The Morgan fingerprint density at radius 1 is 1.13 bits per heavy atom. The number of aryl methyl sites for hydroxylation is 2. The third-order valence-corrected chi connectivity index (χ3v) is 5.47. The van der Waals surface area contributed by atoms with E-state index < -0.39 is 6.04 Å². The van der Waals surface area contributed by atoms with Crippen molar-refractivity contribution in [3.63, 3.8) is 0 Å². The molecule has 0 fully saturated rings. The van der Waals surface area contributed by atoms with Crippen molar-refractivity contribution in [2.75, 3.05) is 13.2 Å². The van der Waals surface area contributed by atoms with Gasteiger partial charge in [0.05, 0.1) is 0 Å². The maximum absolute atomic E-state index is 13.1. The summed E-state index contributed by atoms with van der Waals surface area (Å²) in [6.07, 6.45) is 1.91. The molecule has 1 N–H and O–H groups in total. The zero-order chi connectivity index (χ0) is 22.1. The summed E-state index contributed by atoms with van der Waals surface area (Å²) < 4.78 is 6.75. The number of hydrogen-bond acceptors (Lipinski definition) is 3. The standard InChI is InChI=1S/C24H31BrN2O3/c1-5-6-13-26-24(29)19(4)27(15-20-8-10-21(25)11-9-20)23(28)16-30-22-12-7-17(2)14-18(22)3/h7-12,14,19H,5-6,13,15-16H2,1-4H3,(H,26,29)/t19-/m0/s1. The zero-order valence-electron chi connectivity index (χ0n) is 18.2. The van der Waals surface area contributed by atoms with E-state index in [2.05, 4.69) is 28.2 Å². The van der Waals surface area contributed by atoms with Crippen LogP contribution in [0.15, 0.2) is 46.9 Å². The van der Waals surface area contributed by atoms with Gasteiger partial charge in [0, 0.05) is 17.6 Å². The van der Waals surface area contributed by atoms with Crippen LogP contribution in [0.1, 0.15) is 43.4 Å². The Hall–Kier alpha value is -2.34. The summed E-state index contributed by atoms with van der Waals surface area (Å²) in [7, 11) is 0. The highest BCUT2D eigenvalue weighted by Crippen LogP contribution is 2.19. The Morgan fingerprint density at radius 2 is 1.83 bits per heavy atom. The van der Waals surface area contributed by atoms with Crippen LogP contribution in [-0.4, -0.2) is 35.9 Å². The molecule has 0 unspecified atom stereocenters. The molecule has 162 valence electrons. The van der Waals surface area contributed by atoms with Crippen LogP contribution in [-0.2, 0) is 16.1 Å². The SMILES string of the molecule is CCCCNC(=O)[C@H](C)N(Cc1ccc(Br)cc1)C(=O)COc1ccc(C)cc1C. The third-order valence-electron chi connectivity index (χ3n) is 4.94. The first-order chi connectivity index (χ1) is 14.3. The van der Waals surface area contributed by atoms with Gasteiger partial charge in [-0.05, 0) is 56.5 Å². The average molecular weight is 475 g/mol. The fourth-order valence-electron chi connectivity index (χ4n) is 3.09. The fraction of sp³-hybridized carbons (Fsp3) is 0.417. The van der Waals surface area contributed by atoms with E-state index in [0.29, 0.717) is 18.8 Å². The Morgan fingerprint density at radius 3 is 2.47 bits per heavy atom. The van der Waals surface area contributed by atoms with Gasteiger partial charge in [0.1, 0.15) is 11.8 Å². The summed E-state index contributed by atoms with van der Waals surface area (Å²) in [5, 5.41) is 2.92. The van der Waals surface area contributed by atoms with E-state index in [9.17, 15) is 9.59 Å². The largest absolute Gasteiger partial charge is 0.483 e. The topological polar surface area (TPSA) is 58.6 Å². The van der Waals surface area contributed by atoms with Crippen LogP contribution in [0.5, 0.6) is 5.75 Å². The highest BCUT2D eigenvalue weighted by atomic mass is 79.9. The van der Waals surface area contributed by atoms with Crippen molar-refractivity contribution >= 4 is 27.7 Å². The van der Waals surface area contributed by atoms with Gasteiger partial charge in [-0.1, -0.05) is 59.1 Å². The van der Waals surface area contributed by atoms with Crippen LogP contribution in [0.25, 0.3) is 0 Å². The molecule has 0 aromatic heterocycles. The van der Waals surface area contributed by atoms with E-state index in [-0.39, 0.29) is 18.4 Å². The van der Waals surface area contributed by atoms with E-state index in [4.69, 9.17) is 4.74 Å². The van der Waals surface area contributed by atoms with Crippen molar-refractivity contribution < 1.29 is 14.3 Å². The van der Waals surface area contributed by atoms with Gasteiger partial charge in [0.15, 0.2) is 6.61 Å². The van der Waals surface area contributed by atoms with Crippen molar-refractivity contribution in [1.29, 1.82) is 0 Å². The first-order valence-corrected chi connectivity index (χ1v) is 11.1. The normalized spacial score (nSPS) is 11.6. The molecule has 0 aliphatic heterocycles. The first kappa shape index (κ1) is 23.9. The van der Waals surface area contributed by atoms with Crippen molar-refractivity contribution in [2.45, 2.75) is 53.1 Å². The van der Waals surface area contributed by atoms with E-state index >= 15 is 0 Å². The molecule has 2 aromatic carbocycles. The molecule has 0 aliphatic rings. The molecule has 0 heterocycles. The van der Waals surface area contributed by atoms with Crippen LogP contribution in [0.4, 0.5) is 0 Å². The van der Waals surface area contributed by atoms with Crippen molar-refractivity contribution in [2.24, 2.45) is 0 Å². The predicted molar refractivity (Wildman–Crippen MR) is 123 cm³/mol. The summed E-state index contributed by atoms with van der Waals surface area (Å²) in [6.45, 7) is 8.63. The lowest BCUT2D eigenvalue weighted by Crippen LogP contribution is -2.49. The minimum Gasteiger partial charge on any atom is -0.483 e. The van der Waals surface area contributed by atoms with Crippen LogP contribution in [0, 0.1) is 13.8 Å². The fourth-order valence-corrected chi connectivity index (χ4v) is 3.35. The molecule has 5 nitrogen and oxygen atoms in total. The van der Waals surface area contributed by atoms with E-state index in [1.807, 2.05) is 56.3 Å². The summed E-state index contributed by atoms with van der Waals surface area (Å²) in [4.78, 5) is 27.3. The molecule has 0 spiro atoms. The van der Waals surface area contributed by atoms with Crippen molar-refractivity contribution in [3.8, 4) is 5.75 Å². The molecule has 0 radical (unpaired) electrons. The Labute approximate surface area is 187 Å². The third kappa shape index (κ3) is 7.17. The molecule has 0 saturated heterocycles. The average Bonchev–Trinajstić information content (AvgIpc) is 2.72. The number of benzene rings is 2. The Bertz CT molecular complexity index is 852. The van der Waals surface area contributed by atoms with Gasteiger partial charge < -0.3 is 15.0 Å². The number of halogens is 1. The van der Waals surface area contributed by atoms with Gasteiger partial charge in [0.25, 0.3) is 5.91 Å². The molecule has 2 rings (SSSR count). The predicted octanol–water partition coefficient (Wildman–Crippen LogP) is 4.78. The maximum atomic E-state index is 13.1. The van der Waals surface area contributed by atoms with Crippen molar-refractivity contribution in [3.05, 3.63) is 63.6 Å². The molecule has 0 bridgehead atoms. The minimum atomic E-state index is -0.597. The highest BCUT2D eigenvalue weighted by Gasteiger charge is 2.26. The van der Waals surface area contributed by atoms with Gasteiger partial charge in [0.2, 0.25) is 5.91 Å². The molecule has 0 aliphatic carbocycles. The van der Waals surface area contributed by atoms with Crippen LogP contribution >= 0.6 is 15.9 Å².